The number of carbonyl (C=O) groups is 1. The van der Waals surface area contributed by atoms with Gasteiger partial charge in [0.2, 0.25) is 0 Å². The molecule has 0 atom stereocenters. The Morgan fingerprint density at radius 3 is 2.94 bits per heavy atom. The molecule has 0 amide bonds. The fraction of sp³-hybridized carbons (Fsp3) is 0.0833. The lowest BCUT2D eigenvalue weighted by Crippen LogP contribution is -1.85. The summed E-state index contributed by atoms with van der Waals surface area (Å²) in [4.78, 5) is 11.7. The van der Waals surface area contributed by atoms with Gasteiger partial charge in [0.1, 0.15) is 5.76 Å². The third-order valence-corrected chi connectivity index (χ3v) is 3.38. The molecule has 0 saturated heterocycles. The molecule has 0 unspecified atom stereocenters. The zero-order valence-corrected chi connectivity index (χ0v) is 9.92. The lowest BCUT2D eigenvalue weighted by Gasteiger charge is -2.03. The van der Waals surface area contributed by atoms with E-state index in [0.717, 1.165) is 16.9 Å². The van der Waals surface area contributed by atoms with E-state index in [0.29, 0.717) is 16.3 Å². The third kappa shape index (κ3) is 2.68. The molecule has 1 aromatic carbocycles. The van der Waals surface area contributed by atoms with Crippen LogP contribution >= 0.6 is 23.4 Å². The number of hydrogen-bond donors (Lipinski definition) is 0. The smallest absolute Gasteiger partial charge is 0.151 e. The molecule has 0 aliphatic rings. The van der Waals surface area contributed by atoms with Crippen molar-refractivity contribution in [2.24, 2.45) is 0 Å². The molecule has 0 spiro atoms. The number of rotatable bonds is 4. The number of hydrogen-bond acceptors (Lipinski definition) is 3. The van der Waals surface area contributed by atoms with Crippen LogP contribution in [0.3, 0.4) is 0 Å². The summed E-state index contributed by atoms with van der Waals surface area (Å²) in [5.41, 5.74) is 0.654. The SMILES string of the molecule is O=Cc1ccc(Cl)cc1SCc1ccco1. The second kappa shape index (κ2) is 5.23. The molecule has 2 nitrogen and oxygen atoms in total. The molecule has 0 N–H and O–H groups in total. The first-order valence-corrected chi connectivity index (χ1v) is 6.06. The van der Waals surface area contributed by atoms with Gasteiger partial charge in [-0.3, -0.25) is 4.79 Å². The first kappa shape index (κ1) is 11.3. The van der Waals surface area contributed by atoms with Crippen LogP contribution < -0.4 is 0 Å². The first-order chi connectivity index (χ1) is 7.79. The average molecular weight is 253 g/mol. The molecule has 0 saturated carbocycles. The van der Waals surface area contributed by atoms with Crippen molar-refractivity contribution in [1.82, 2.24) is 0 Å². The van der Waals surface area contributed by atoms with Crippen LogP contribution in [-0.2, 0) is 5.75 Å². The minimum absolute atomic E-state index is 0.632. The number of furan rings is 1. The molecule has 1 heterocycles. The van der Waals surface area contributed by atoms with Gasteiger partial charge in [0.25, 0.3) is 0 Å². The fourth-order valence-corrected chi connectivity index (χ4v) is 2.47. The number of halogens is 1. The topological polar surface area (TPSA) is 30.2 Å². The second-order valence-electron chi connectivity index (χ2n) is 3.17. The zero-order chi connectivity index (χ0) is 11.4. The maximum Gasteiger partial charge on any atom is 0.151 e. The van der Waals surface area contributed by atoms with E-state index < -0.39 is 0 Å². The predicted molar refractivity (Wildman–Crippen MR) is 65.1 cm³/mol. The molecular formula is C12H9ClO2S. The summed E-state index contributed by atoms with van der Waals surface area (Å²) in [7, 11) is 0. The van der Waals surface area contributed by atoms with E-state index in [9.17, 15) is 4.79 Å². The van der Waals surface area contributed by atoms with Crippen molar-refractivity contribution in [3.05, 3.63) is 52.9 Å². The number of carbonyl (C=O) groups excluding carboxylic acids is 1. The van der Waals surface area contributed by atoms with Gasteiger partial charge in [0.15, 0.2) is 6.29 Å². The highest BCUT2D eigenvalue weighted by Crippen LogP contribution is 2.28. The van der Waals surface area contributed by atoms with Crippen molar-refractivity contribution >= 4 is 29.6 Å². The van der Waals surface area contributed by atoms with Crippen molar-refractivity contribution in [1.29, 1.82) is 0 Å². The van der Waals surface area contributed by atoms with Crippen molar-refractivity contribution in [3.8, 4) is 0 Å². The van der Waals surface area contributed by atoms with E-state index in [2.05, 4.69) is 0 Å². The van der Waals surface area contributed by atoms with Gasteiger partial charge in [0.05, 0.1) is 12.0 Å². The zero-order valence-electron chi connectivity index (χ0n) is 8.35. The van der Waals surface area contributed by atoms with Crippen molar-refractivity contribution in [2.45, 2.75) is 10.6 Å². The highest BCUT2D eigenvalue weighted by molar-refractivity contribution is 7.98. The summed E-state index contributed by atoms with van der Waals surface area (Å²) in [5, 5.41) is 0.632. The molecule has 2 aromatic rings. The molecule has 0 aliphatic carbocycles. The Hall–Kier alpha value is -1.19. The van der Waals surface area contributed by atoms with Gasteiger partial charge in [-0.15, -0.1) is 11.8 Å². The van der Waals surface area contributed by atoms with Crippen molar-refractivity contribution in [3.63, 3.8) is 0 Å². The van der Waals surface area contributed by atoms with Crippen LogP contribution in [0.25, 0.3) is 0 Å². The monoisotopic (exact) mass is 252 g/mol. The Labute approximate surface area is 103 Å². The van der Waals surface area contributed by atoms with Crippen LogP contribution in [0.5, 0.6) is 0 Å². The highest BCUT2D eigenvalue weighted by atomic mass is 35.5. The van der Waals surface area contributed by atoms with Crippen LogP contribution in [0.1, 0.15) is 16.1 Å². The van der Waals surface area contributed by atoms with Gasteiger partial charge < -0.3 is 4.42 Å². The van der Waals surface area contributed by atoms with Gasteiger partial charge in [-0.2, -0.15) is 0 Å². The lowest BCUT2D eigenvalue weighted by molar-refractivity contribution is 0.112. The summed E-state index contributed by atoms with van der Waals surface area (Å²) in [6, 6.07) is 8.97. The van der Waals surface area contributed by atoms with Gasteiger partial charge in [0, 0.05) is 15.5 Å². The molecule has 0 bridgehead atoms. The van der Waals surface area contributed by atoms with Crippen LogP contribution in [-0.4, -0.2) is 6.29 Å². The maximum absolute atomic E-state index is 10.8. The Morgan fingerprint density at radius 2 is 2.25 bits per heavy atom. The van der Waals surface area contributed by atoms with Crippen LogP contribution in [0.15, 0.2) is 45.9 Å². The summed E-state index contributed by atoms with van der Waals surface area (Å²) < 4.78 is 5.22. The highest BCUT2D eigenvalue weighted by Gasteiger charge is 2.05. The fourth-order valence-electron chi connectivity index (χ4n) is 1.27. The predicted octanol–water partition coefficient (Wildman–Crippen LogP) is 4.04. The van der Waals surface area contributed by atoms with E-state index in [1.54, 1.807) is 24.5 Å². The molecule has 16 heavy (non-hydrogen) atoms. The summed E-state index contributed by atoms with van der Waals surface area (Å²) >= 11 is 7.42. The Kier molecular flexibility index (Phi) is 3.70. The number of aldehydes is 1. The lowest BCUT2D eigenvalue weighted by atomic mass is 10.2. The van der Waals surface area contributed by atoms with Crippen molar-refractivity contribution in [2.75, 3.05) is 0 Å². The van der Waals surface area contributed by atoms with E-state index in [1.807, 2.05) is 12.1 Å². The minimum atomic E-state index is 0.632. The molecule has 0 radical (unpaired) electrons. The number of thioether (sulfide) groups is 1. The number of benzene rings is 1. The molecule has 2 rings (SSSR count). The summed E-state index contributed by atoms with van der Waals surface area (Å²) in [5.74, 6) is 1.57. The standard InChI is InChI=1S/C12H9ClO2S/c13-10-4-3-9(7-14)12(6-10)16-8-11-2-1-5-15-11/h1-7H,8H2. The minimum Gasteiger partial charge on any atom is -0.468 e. The van der Waals surface area contributed by atoms with Gasteiger partial charge >= 0.3 is 0 Å². The van der Waals surface area contributed by atoms with Gasteiger partial charge in [-0.1, -0.05) is 11.6 Å². The third-order valence-electron chi connectivity index (χ3n) is 2.05. The Morgan fingerprint density at radius 1 is 1.38 bits per heavy atom. The van der Waals surface area contributed by atoms with Gasteiger partial charge in [-0.05, 0) is 30.3 Å². The molecule has 82 valence electrons. The van der Waals surface area contributed by atoms with Crippen LogP contribution in [0, 0.1) is 0 Å². The van der Waals surface area contributed by atoms with Gasteiger partial charge in [-0.25, -0.2) is 0 Å². The molecule has 0 fully saturated rings. The molecular weight excluding hydrogens is 244 g/mol. The largest absolute Gasteiger partial charge is 0.468 e. The maximum atomic E-state index is 10.8. The van der Waals surface area contributed by atoms with Crippen LogP contribution in [0.4, 0.5) is 0 Å². The van der Waals surface area contributed by atoms with Crippen molar-refractivity contribution < 1.29 is 9.21 Å². The summed E-state index contributed by atoms with van der Waals surface area (Å²) in [6.07, 6.45) is 2.47. The van der Waals surface area contributed by atoms with E-state index in [4.69, 9.17) is 16.0 Å². The normalized spacial score (nSPS) is 10.3. The quantitative estimate of drug-likeness (QED) is 0.608. The van der Waals surface area contributed by atoms with Crippen LogP contribution in [0.2, 0.25) is 5.02 Å². The first-order valence-electron chi connectivity index (χ1n) is 4.69. The average Bonchev–Trinajstić information content (AvgIpc) is 2.79. The Balaban J connectivity index is 2.14. The Bertz CT molecular complexity index is 480. The van der Waals surface area contributed by atoms with E-state index in [1.165, 1.54) is 11.8 Å². The summed E-state index contributed by atoms with van der Waals surface area (Å²) in [6.45, 7) is 0. The molecule has 1 aromatic heterocycles. The van der Waals surface area contributed by atoms with E-state index in [-0.39, 0.29) is 0 Å². The van der Waals surface area contributed by atoms with E-state index >= 15 is 0 Å². The second-order valence-corrected chi connectivity index (χ2v) is 4.62. The molecule has 4 heteroatoms. The molecule has 0 aliphatic heterocycles.